The van der Waals surface area contributed by atoms with Crippen molar-refractivity contribution < 1.29 is 23.9 Å². The van der Waals surface area contributed by atoms with E-state index in [-0.39, 0.29) is 24.3 Å². The third kappa shape index (κ3) is 8.37. The highest BCUT2D eigenvalue weighted by molar-refractivity contribution is 5.94. The van der Waals surface area contributed by atoms with E-state index in [0.717, 1.165) is 25.9 Å². The SMILES string of the molecule is C=C(C)C(=O)CCCN1CCCC1=O.C=C(C)C(=O)OCCN1CCNC1=O. The van der Waals surface area contributed by atoms with E-state index in [2.05, 4.69) is 18.5 Å². The number of ether oxygens (including phenoxy) is 1. The Bertz CT molecular complexity index is 575. The van der Waals surface area contributed by atoms with Gasteiger partial charge in [-0.3, -0.25) is 9.59 Å². The molecule has 0 atom stereocenters. The van der Waals surface area contributed by atoms with Crippen LogP contribution in [0, 0.1) is 0 Å². The minimum atomic E-state index is -0.412. The Kier molecular flexibility index (Phi) is 9.98. The number of carbonyl (C=O) groups excluding carboxylic acids is 4. The first kappa shape index (κ1) is 23.4. The molecule has 2 aliphatic rings. The van der Waals surface area contributed by atoms with Crippen LogP contribution in [0.25, 0.3) is 0 Å². The molecule has 3 amide bonds. The van der Waals surface area contributed by atoms with E-state index in [9.17, 15) is 19.2 Å². The number of esters is 1. The van der Waals surface area contributed by atoms with Gasteiger partial charge in [-0.05, 0) is 32.3 Å². The molecule has 0 unspecified atom stereocenters. The smallest absolute Gasteiger partial charge is 0.333 e. The van der Waals surface area contributed by atoms with Crippen LogP contribution in [-0.4, -0.2) is 72.8 Å². The number of amides is 3. The van der Waals surface area contributed by atoms with Crippen LogP contribution < -0.4 is 5.32 Å². The topological polar surface area (TPSA) is 96.0 Å². The van der Waals surface area contributed by atoms with Gasteiger partial charge in [0, 0.05) is 44.6 Å². The molecule has 8 nitrogen and oxygen atoms in total. The number of hydrogen-bond donors (Lipinski definition) is 1. The van der Waals surface area contributed by atoms with Gasteiger partial charge in [0.2, 0.25) is 5.91 Å². The van der Waals surface area contributed by atoms with Gasteiger partial charge >= 0.3 is 12.0 Å². The van der Waals surface area contributed by atoms with Crippen molar-refractivity contribution in [2.45, 2.75) is 39.5 Å². The summed E-state index contributed by atoms with van der Waals surface area (Å²) in [5, 5.41) is 2.66. The minimum Gasteiger partial charge on any atom is -0.460 e. The van der Waals surface area contributed by atoms with Gasteiger partial charge in [-0.15, -0.1) is 0 Å². The molecule has 0 bridgehead atoms. The Labute approximate surface area is 166 Å². The number of nitrogens with zero attached hydrogens (tertiary/aromatic N) is 2. The molecule has 8 heteroatoms. The zero-order valence-electron chi connectivity index (χ0n) is 16.9. The Morgan fingerprint density at radius 3 is 2.29 bits per heavy atom. The second kappa shape index (κ2) is 11.9. The van der Waals surface area contributed by atoms with Crippen LogP contribution in [-0.2, 0) is 19.1 Å². The molecule has 28 heavy (non-hydrogen) atoms. The summed E-state index contributed by atoms with van der Waals surface area (Å²) in [6.07, 6.45) is 2.91. The van der Waals surface area contributed by atoms with Crippen molar-refractivity contribution in [3.63, 3.8) is 0 Å². The quantitative estimate of drug-likeness (QED) is 0.475. The molecule has 0 saturated carbocycles. The van der Waals surface area contributed by atoms with Crippen LogP contribution in [0.4, 0.5) is 4.79 Å². The molecule has 1 N–H and O–H groups in total. The van der Waals surface area contributed by atoms with Gasteiger partial charge in [0.15, 0.2) is 5.78 Å². The number of likely N-dealkylation sites (tertiary alicyclic amines) is 1. The molecule has 0 aliphatic carbocycles. The molecule has 2 heterocycles. The van der Waals surface area contributed by atoms with Gasteiger partial charge in [0.05, 0.1) is 6.54 Å². The normalized spacial score (nSPS) is 15.6. The second-order valence-electron chi connectivity index (χ2n) is 6.93. The van der Waals surface area contributed by atoms with Gasteiger partial charge in [0.25, 0.3) is 0 Å². The monoisotopic (exact) mass is 393 g/mol. The average Bonchev–Trinajstić information content (AvgIpc) is 3.23. The predicted octanol–water partition coefficient (Wildman–Crippen LogP) is 1.67. The number of carbonyl (C=O) groups is 4. The summed E-state index contributed by atoms with van der Waals surface area (Å²) >= 11 is 0. The van der Waals surface area contributed by atoms with E-state index in [0.29, 0.717) is 43.6 Å². The van der Waals surface area contributed by atoms with Gasteiger partial charge in [-0.2, -0.15) is 0 Å². The summed E-state index contributed by atoms with van der Waals surface area (Å²) in [5.74, 6) is -0.0750. The minimum absolute atomic E-state index is 0.101. The number of Topliss-reactive ketones (excluding diaryl/α,β-unsaturated/α-hetero) is 1. The van der Waals surface area contributed by atoms with Crippen LogP contribution in [0.1, 0.15) is 39.5 Å². The van der Waals surface area contributed by atoms with E-state index < -0.39 is 5.97 Å². The maximum absolute atomic E-state index is 11.2. The first-order valence-corrected chi connectivity index (χ1v) is 9.54. The summed E-state index contributed by atoms with van der Waals surface area (Å²) in [4.78, 5) is 47.8. The van der Waals surface area contributed by atoms with E-state index in [1.807, 2.05) is 4.90 Å². The average molecular weight is 393 g/mol. The standard InChI is InChI=1S/C11H17NO2.C9H14N2O3/c1-9(2)10(13)5-3-7-12-8-4-6-11(12)14;1-7(2)8(12)14-6-5-11-4-3-10-9(11)13/h1,3-8H2,2H3;1,3-6H2,2H3,(H,10,13). The first-order valence-electron chi connectivity index (χ1n) is 9.54. The molecular formula is C20H31N3O5. The highest BCUT2D eigenvalue weighted by Gasteiger charge is 2.20. The largest absolute Gasteiger partial charge is 0.460 e. The van der Waals surface area contributed by atoms with Crippen molar-refractivity contribution in [1.29, 1.82) is 0 Å². The summed E-state index contributed by atoms with van der Waals surface area (Å²) < 4.78 is 4.85. The maximum atomic E-state index is 11.2. The number of allylic oxidation sites excluding steroid dienone is 1. The van der Waals surface area contributed by atoms with Crippen molar-refractivity contribution in [1.82, 2.24) is 15.1 Å². The van der Waals surface area contributed by atoms with Crippen molar-refractivity contribution in [3.8, 4) is 0 Å². The third-order valence-corrected chi connectivity index (χ3v) is 4.37. The maximum Gasteiger partial charge on any atom is 0.333 e. The van der Waals surface area contributed by atoms with Gasteiger partial charge in [-0.1, -0.05) is 13.2 Å². The van der Waals surface area contributed by atoms with Gasteiger partial charge in [0.1, 0.15) is 6.61 Å². The first-order chi connectivity index (χ1) is 13.2. The molecule has 0 aromatic heterocycles. The lowest BCUT2D eigenvalue weighted by molar-refractivity contribution is -0.139. The van der Waals surface area contributed by atoms with Crippen LogP contribution in [0.2, 0.25) is 0 Å². The third-order valence-electron chi connectivity index (χ3n) is 4.37. The zero-order chi connectivity index (χ0) is 21.1. The van der Waals surface area contributed by atoms with Gasteiger partial charge in [-0.25, -0.2) is 9.59 Å². The van der Waals surface area contributed by atoms with Crippen molar-refractivity contribution in [2.24, 2.45) is 0 Å². The highest BCUT2D eigenvalue weighted by Crippen LogP contribution is 2.11. The fourth-order valence-corrected chi connectivity index (χ4v) is 2.68. The Morgan fingerprint density at radius 1 is 1.07 bits per heavy atom. The molecule has 2 rings (SSSR count). The molecule has 2 fully saturated rings. The lowest BCUT2D eigenvalue weighted by atomic mass is 10.1. The Hall–Kier alpha value is -2.64. The fraction of sp³-hybridized carbons (Fsp3) is 0.600. The Morgan fingerprint density at radius 2 is 1.79 bits per heavy atom. The van der Waals surface area contributed by atoms with E-state index in [4.69, 9.17) is 4.74 Å². The number of ketones is 1. The van der Waals surface area contributed by atoms with E-state index >= 15 is 0 Å². The summed E-state index contributed by atoms with van der Waals surface area (Å²) in [7, 11) is 0. The zero-order valence-corrected chi connectivity index (χ0v) is 16.9. The predicted molar refractivity (Wildman–Crippen MR) is 106 cm³/mol. The molecule has 0 spiro atoms. The lowest BCUT2D eigenvalue weighted by Gasteiger charge is -2.14. The van der Waals surface area contributed by atoms with Crippen molar-refractivity contribution in [3.05, 3.63) is 24.3 Å². The Balaban J connectivity index is 0.000000280. The van der Waals surface area contributed by atoms with Crippen LogP contribution in [0.15, 0.2) is 24.3 Å². The molecule has 0 aromatic rings. The van der Waals surface area contributed by atoms with Crippen LogP contribution >= 0.6 is 0 Å². The van der Waals surface area contributed by atoms with E-state index in [1.54, 1.807) is 18.7 Å². The molecule has 0 aromatic carbocycles. The number of urea groups is 1. The summed E-state index contributed by atoms with van der Waals surface area (Å²) in [5.41, 5.74) is 0.980. The molecule has 2 aliphatic heterocycles. The molecular weight excluding hydrogens is 362 g/mol. The molecule has 156 valence electrons. The summed E-state index contributed by atoms with van der Waals surface area (Å²) in [6, 6.07) is -0.101. The number of nitrogens with one attached hydrogen (secondary N) is 1. The highest BCUT2D eigenvalue weighted by atomic mass is 16.5. The van der Waals surface area contributed by atoms with Crippen LogP contribution in [0.5, 0.6) is 0 Å². The van der Waals surface area contributed by atoms with E-state index in [1.165, 1.54) is 0 Å². The lowest BCUT2D eigenvalue weighted by Crippen LogP contribution is -2.31. The van der Waals surface area contributed by atoms with Crippen LogP contribution in [0.3, 0.4) is 0 Å². The van der Waals surface area contributed by atoms with Gasteiger partial charge < -0.3 is 19.9 Å². The fourth-order valence-electron chi connectivity index (χ4n) is 2.68. The van der Waals surface area contributed by atoms with Crippen molar-refractivity contribution in [2.75, 3.05) is 39.3 Å². The molecule has 2 saturated heterocycles. The number of rotatable bonds is 9. The summed E-state index contributed by atoms with van der Waals surface area (Å²) in [6.45, 7) is 13.9. The second-order valence-corrected chi connectivity index (χ2v) is 6.93. The van der Waals surface area contributed by atoms with Crippen molar-refractivity contribution >= 4 is 23.7 Å². The number of hydrogen-bond acceptors (Lipinski definition) is 5. The molecule has 0 radical (unpaired) electrons.